The summed E-state index contributed by atoms with van der Waals surface area (Å²) in [5.41, 5.74) is 5.62. The molecule has 0 aliphatic heterocycles. The van der Waals surface area contributed by atoms with Crippen molar-refractivity contribution in [3.05, 3.63) is 77.6 Å². The Morgan fingerprint density at radius 2 is 2.06 bits per heavy atom. The molecule has 0 bridgehead atoms. The normalized spacial score (nSPS) is 11.3. The lowest BCUT2D eigenvalue weighted by atomic mass is 10.1. The molecule has 0 fully saturated rings. The van der Waals surface area contributed by atoms with Crippen molar-refractivity contribution in [3.8, 4) is 0 Å². The van der Waals surface area contributed by atoms with E-state index in [4.69, 9.17) is 0 Å². The molecule has 4 heterocycles. The highest BCUT2D eigenvalue weighted by Gasteiger charge is 2.17. The molecular weight excluding hydrogens is 420 g/mol. The summed E-state index contributed by atoms with van der Waals surface area (Å²) in [5.74, 6) is -0.121. The molecule has 0 aliphatic carbocycles. The molecule has 0 saturated heterocycles. The van der Waals surface area contributed by atoms with Crippen LogP contribution in [0.25, 0.3) is 21.8 Å². The number of aromatic nitrogens is 5. The Balaban J connectivity index is 1.37. The van der Waals surface area contributed by atoms with Gasteiger partial charge in [0.05, 0.1) is 23.4 Å². The molecule has 2 N–H and O–H groups in total. The monoisotopic (exact) mass is 442 g/mol. The van der Waals surface area contributed by atoms with E-state index in [9.17, 15) is 4.79 Å². The quantitative estimate of drug-likeness (QED) is 0.417. The highest BCUT2D eigenvalue weighted by atomic mass is 32.2. The Labute approximate surface area is 189 Å². The second-order valence-electron chi connectivity index (χ2n) is 7.77. The molecule has 1 amide bonds. The summed E-state index contributed by atoms with van der Waals surface area (Å²) in [6.45, 7) is 4.49. The molecule has 160 valence electrons. The van der Waals surface area contributed by atoms with Gasteiger partial charge in [0.15, 0.2) is 0 Å². The van der Waals surface area contributed by atoms with Crippen molar-refractivity contribution < 1.29 is 4.79 Å². The van der Waals surface area contributed by atoms with Gasteiger partial charge in [0.2, 0.25) is 0 Å². The summed E-state index contributed by atoms with van der Waals surface area (Å²) in [5, 5.41) is 12.3. The molecule has 0 unspecified atom stereocenters. The summed E-state index contributed by atoms with van der Waals surface area (Å²) >= 11 is 1.65. The number of pyridine rings is 2. The fourth-order valence-electron chi connectivity index (χ4n) is 3.85. The smallest absolute Gasteiger partial charge is 0.268 e. The number of hydrogen-bond acceptors (Lipinski definition) is 5. The minimum atomic E-state index is -0.121. The van der Waals surface area contributed by atoms with Gasteiger partial charge < -0.3 is 9.88 Å². The second kappa shape index (κ2) is 8.12. The summed E-state index contributed by atoms with van der Waals surface area (Å²) in [6, 6.07) is 10.1. The van der Waals surface area contributed by atoms with E-state index in [1.807, 2.05) is 42.9 Å². The SMILES string of the molecule is Cc1cc(Sc2cc(C(=O)NCc3cncc4ncccc34)n(C)c2C)cc2cn[nH]c12. The number of H-pyrrole nitrogens is 1. The van der Waals surface area contributed by atoms with E-state index in [-0.39, 0.29) is 5.91 Å². The van der Waals surface area contributed by atoms with E-state index in [1.165, 1.54) is 0 Å². The molecule has 7 nitrogen and oxygen atoms in total. The molecule has 0 aliphatic rings. The van der Waals surface area contributed by atoms with Crippen LogP contribution in [0.3, 0.4) is 0 Å². The third-order valence-electron chi connectivity index (χ3n) is 5.72. The van der Waals surface area contributed by atoms with Gasteiger partial charge in [0.25, 0.3) is 5.91 Å². The standard InChI is InChI=1S/C24H22N6OS/c1-14-7-18(8-16-12-28-29-23(14)16)32-22-9-21(30(3)15(22)2)24(31)27-11-17-10-25-13-20-19(17)5-4-6-26-20/h4-10,12-13H,11H2,1-3H3,(H,27,31)(H,28,29). The van der Waals surface area contributed by atoms with E-state index >= 15 is 0 Å². The Bertz CT molecular complexity index is 1460. The highest BCUT2D eigenvalue weighted by molar-refractivity contribution is 7.99. The van der Waals surface area contributed by atoms with Gasteiger partial charge in [-0.3, -0.25) is 19.9 Å². The second-order valence-corrected chi connectivity index (χ2v) is 8.88. The van der Waals surface area contributed by atoms with Crippen molar-refractivity contribution >= 4 is 39.5 Å². The third-order valence-corrected chi connectivity index (χ3v) is 6.82. The van der Waals surface area contributed by atoms with Gasteiger partial charge in [-0.1, -0.05) is 17.8 Å². The summed E-state index contributed by atoms with van der Waals surface area (Å²) in [7, 11) is 1.92. The van der Waals surface area contributed by atoms with Gasteiger partial charge in [-0.15, -0.1) is 0 Å². The Hall–Kier alpha value is -3.65. The van der Waals surface area contributed by atoms with Gasteiger partial charge in [0, 0.05) is 52.2 Å². The number of rotatable bonds is 5. The average molecular weight is 443 g/mol. The topological polar surface area (TPSA) is 88.5 Å². The van der Waals surface area contributed by atoms with Crippen LogP contribution in [-0.4, -0.2) is 30.6 Å². The van der Waals surface area contributed by atoms with E-state index < -0.39 is 0 Å². The lowest BCUT2D eigenvalue weighted by molar-refractivity contribution is 0.0942. The molecule has 1 aromatic carbocycles. The molecule has 0 atom stereocenters. The van der Waals surface area contributed by atoms with Crippen LogP contribution in [0.2, 0.25) is 0 Å². The number of nitrogens with zero attached hydrogens (tertiary/aromatic N) is 4. The van der Waals surface area contributed by atoms with Gasteiger partial charge in [0.1, 0.15) is 5.69 Å². The van der Waals surface area contributed by atoms with Crippen LogP contribution >= 0.6 is 11.8 Å². The lowest BCUT2D eigenvalue weighted by Crippen LogP contribution is -2.25. The van der Waals surface area contributed by atoms with Gasteiger partial charge in [-0.05, 0) is 49.2 Å². The van der Waals surface area contributed by atoms with Crippen LogP contribution in [0.4, 0.5) is 0 Å². The van der Waals surface area contributed by atoms with E-state index in [2.05, 4.69) is 44.5 Å². The number of fused-ring (bicyclic) bond motifs is 2. The fourth-order valence-corrected chi connectivity index (χ4v) is 4.98. The van der Waals surface area contributed by atoms with Crippen molar-refractivity contribution in [2.45, 2.75) is 30.2 Å². The maximum atomic E-state index is 13.0. The zero-order valence-electron chi connectivity index (χ0n) is 18.0. The Morgan fingerprint density at radius 3 is 2.94 bits per heavy atom. The van der Waals surface area contributed by atoms with Crippen LogP contribution in [-0.2, 0) is 13.6 Å². The molecule has 32 heavy (non-hydrogen) atoms. The predicted molar refractivity (Wildman–Crippen MR) is 126 cm³/mol. The summed E-state index contributed by atoms with van der Waals surface area (Å²) in [4.78, 5) is 23.7. The fraction of sp³-hybridized carbons (Fsp3) is 0.167. The number of aryl methyl sites for hydroxylation is 1. The first kappa shape index (κ1) is 20.3. The first-order valence-electron chi connectivity index (χ1n) is 10.2. The van der Waals surface area contributed by atoms with Gasteiger partial charge in [-0.25, -0.2) is 0 Å². The number of carbonyl (C=O) groups is 1. The number of amides is 1. The molecule has 4 aromatic heterocycles. The minimum absolute atomic E-state index is 0.121. The first-order valence-corrected chi connectivity index (χ1v) is 11.1. The molecule has 0 radical (unpaired) electrons. The summed E-state index contributed by atoms with van der Waals surface area (Å²) in [6.07, 6.45) is 7.08. The highest BCUT2D eigenvalue weighted by Crippen LogP contribution is 2.34. The number of nitrogens with one attached hydrogen (secondary N) is 2. The molecule has 5 rings (SSSR count). The van der Waals surface area contributed by atoms with Gasteiger partial charge in [-0.2, -0.15) is 5.10 Å². The molecule has 8 heteroatoms. The first-order chi connectivity index (χ1) is 15.5. The van der Waals surface area contributed by atoms with Crippen molar-refractivity contribution in [1.29, 1.82) is 0 Å². The third kappa shape index (κ3) is 3.62. The maximum Gasteiger partial charge on any atom is 0.268 e. The Morgan fingerprint density at radius 1 is 1.19 bits per heavy atom. The maximum absolute atomic E-state index is 13.0. The van der Waals surface area contributed by atoms with Gasteiger partial charge >= 0.3 is 0 Å². The van der Waals surface area contributed by atoms with Crippen molar-refractivity contribution in [2.24, 2.45) is 7.05 Å². The Kier molecular flexibility index (Phi) is 5.14. The lowest BCUT2D eigenvalue weighted by Gasteiger charge is -2.09. The average Bonchev–Trinajstić information content (AvgIpc) is 3.38. The molecular formula is C24H22N6OS. The molecule has 0 saturated carbocycles. The zero-order valence-corrected chi connectivity index (χ0v) is 18.8. The number of hydrogen-bond donors (Lipinski definition) is 2. The largest absolute Gasteiger partial charge is 0.347 e. The van der Waals surface area contributed by atoms with Crippen LogP contribution in [0, 0.1) is 13.8 Å². The van der Waals surface area contributed by atoms with E-state index in [1.54, 1.807) is 30.4 Å². The number of aromatic amines is 1. The molecule has 5 aromatic rings. The van der Waals surface area contributed by atoms with Crippen LogP contribution in [0.15, 0.2) is 64.9 Å². The van der Waals surface area contributed by atoms with Crippen molar-refractivity contribution in [1.82, 2.24) is 30.0 Å². The van der Waals surface area contributed by atoms with Crippen LogP contribution in [0.5, 0.6) is 0 Å². The summed E-state index contributed by atoms with van der Waals surface area (Å²) < 4.78 is 1.93. The van der Waals surface area contributed by atoms with Crippen molar-refractivity contribution in [3.63, 3.8) is 0 Å². The zero-order chi connectivity index (χ0) is 22.2. The predicted octanol–water partition coefficient (Wildman–Crippen LogP) is 4.54. The number of carbonyl (C=O) groups excluding carboxylic acids is 1. The minimum Gasteiger partial charge on any atom is -0.347 e. The van der Waals surface area contributed by atoms with Crippen LogP contribution < -0.4 is 5.32 Å². The van der Waals surface area contributed by atoms with E-state index in [0.717, 1.165) is 48.4 Å². The number of benzene rings is 1. The van der Waals surface area contributed by atoms with Crippen molar-refractivity contribution in [2.75, 3.05) is 0 Å². The van der Waals surface area contributed by atoms with Crippen LogP contribution in [0.1, 0.15) is 27.3 Å². The van der Waals surface area contributed by atoms with E-state index in [0.29, 0.717) is 12.2 Å². The molecule has 0 spiro atoms.